The van der Waals surface area contributed by atoms with Gasteiger partial charge in [0.05, 0.1) is 5.69 Å². The first-order valence-corrected chi connectivity index (χ1v) is 8.60. The highest BCUT2D eigenvalue weighted by Gasteiger charge is 2.12. The van der Waals surface area contributed by atoms with Crippen LogP contribution in [-0.2, 0) is 6.54 Å². The lowest BCUT2D eigenvalue weighted by Crippen LogP contribution is -2.28. The zero-order valence-corrected chi connectivity index (χ0v) is 15.4. The van der Waals surface area contributed by atoms with E-state index in [0.717, 1.165) is 34.8 Å². The van der Waals surface area contributed by atoms with Gasteiger partial charge in [-0.1, -0.05) is 17.7 Å². The summed E-state index contributed by atoms with van der Waals surface area (Å²) in [5.74, 6) is -1.51. The number of carbonyl (C=O) groups is 1. The van der Waals surface area contributed by atoms with E-state index in [-0.39, 0.29) is 5.69 Å². The topological polar surface area (TPSA) is 46.1 Å². The number of aryl methyl sites for hydroxylation is 2. The van der Waals surface area contributed by atoms with Crippen molar-refractivity contribution in [2.45, 2.75) is 27.3 Å². The predicted molar refractivity (Wildman–Crippen MR) is 102 cm³/mol. The molecule has 6 heteroatoms. The van der Waals surface area contributed by atoms with Crippen LogP contribution in [0.2, 0.25) is 0 Å². The molecule has 0 bridgehead atoms. The number of hydrogen-bond donors (Lipinski definition) is 2. The molecule has 0 unspecified atom stereocenters. The van der Waals surface area contributed by atoms with Gasteiger partial charge in [-0.25, -0.2) is 13.6 Å². The molecule has 2 amide bonds. The van der Waals surface area contributed by atoms with E-state index in [9.17, 15) is 13.6 Å². The van der Waals surface area contributed by atoms with Crippen LogP contribution in [0.25, 0.3) is 5.69 Å². The smallest absolute Gasteiger partial charge is 0.319 e. The molecule has 0 saturated carbocycles. The van der Waals surface area contributed by atoms with E-state index in [4.69, 9.17) is 0 Å². The summed E-state index contributed by atoms with van der Waals surface area (Å²) in [4.78, 5) is 12.0. The van der Waals surface area contributed by atoms with Crippen molar-refractivity contribution >= 4 is 11.7 Å². The van der Waals surface area contributed by atoms with Crippen LogP contribution in [0, 0.1) is 32.4 Å². The van der Waals surface area contributed by atoms with Crippen LogP contribution in [0.3, 0.4) is 0 Å². The molecule has 3 aromatic rings. The SMILES string of the molecule is Cc1ccc(-n2c(C)cc(CNC(=O)Nc3ccc(F)cc3F)c2C)cc1. The van der Waals surface area contributed by atoms with Gasteiger partial charge in [-0.15, -0.1) is 0 Å². The molecule has 2 aromatic carbocycles. The molecule has 0 atom stereocenters. The Balaban J connectivity index is 1.70. The van der Waals surface area contributed by atoms with E-state index < -0.39 is 17.7 Å². The molecule has 0 aliphatic carbocycles. The third kappa shape index (κ3) is 4.16. The first-order valence-electron chi connectivity index (χ1n) is 8.60. The summed E-state index contributed by atoms with van der Waals surface area (Å²) in [6, 6.07) is 12.7. The molecule has 4 nitrogen and oxygen atoms in total. The average Bonchev–Trinajstić information content (AvgIpc) is 2.90. The number of hydrogen-bond acceptors (Lipinski definition) is 1. The maximum absolute atomic E-state index is 13.6. The standard InChI is InChI=1S/C21H21F2N3O/c1-13-4-7-18(8-5-13)26-14(2)10-16(15(26)3)12-24-21(27)25-20-9-6-17(22)11-19(20)23/h4-11H,12H2,1-3H3,(H2,24,25,27). The number of nitrogens with one attached hydrogen (secondary N) is 2. The number of aromatic nitrogens is 1. The van der Waals surface area contributed by atoms with Crippen LogP contribution in [0.15, 0.2) is 48.5 Å². The van der Waals surface area contributed by atoms with Gasteiger partial charge in [-0.2, -0.15) is 0 Å². The second-order valence-corrected chi connectivity index (χ2v) is 6.50. The van der Waals surface area contributed by atoms with E-state index in [1.54, 1.807) is 0 Å². The molecule has 0 spiro atoms. The summed E-state index contributed by atoms with van der Waals surface area (Å²) in [6.07, 6.45) is 0. The lowest BCUT2D eigenvalue weighted by atomic mass is 10.2. The van der Waals surface area contributed by atoms with Crippen LogP contribution >= 0.6 is 0 Å². The number of rotatable bonds is 4. The molecule has 27 heavy (non-hydrogen) atoms. The highest BCUT2D eigenvalue weighted by molar-refractivity contribution is 5.89. The van der Waals surface area contributed by atoms with Crippen LogP contribution in [0.1, 0.15) is 22.5 Å². The van der Waals surface area contributed by atoms with Crippen molar-refractivity contribution in [1.29, 1.82) is 0 Å². The van der Waals surface area contributed by atoms with Gasteiger partial charge in [0.2, 0.25) is 0 Å². The highest BCUT2D eigenvalue weighted by Crippen LogP contribution is 2.21. The number of amides is 2. The van der Waals surface area contributed by atoms with Crippen molar-refractivity contribution in [1.82, 2.24) is 9.88 Å². The van der Waals surface area contributed by atoms with Crippen LogP contribution in [-0.4, -0.2) is 10.6 Å². The summed E-state index contributed by atoms with van der Waals surface area (Å²) in [7, 11) is 0. The summed E-state index contributed by atoms with van der Waals surface area (Å²) in [5.41, 5.74) is 5.21. The zero-order valence-electron chi connectivity index (χ0n) is 15.4. The average molecular weight is 369 g/mol. The normalized spacial score (nSPS) is 10.7. The van der Waals surface area contributed by atoms with Crippen molar-refractivity contribution < 1.29 is 13.6 Å². The van der Waals surface area contributed by atoms with Crippen LogP contribution < -0.4 is 10.6 Å². The Hall–Kier alpha value is -3.15. The van der Waals surface area contributed by atoms with Crippen LogP contribution in [0.4, 0.5) is 19.3 Å². The molecular weight excluding hydrogens is 348 g/mol. The summed E-state index contributed by atoms with van der Waals surface area (Å²) >= 11 is 0. The minimum atomic E-state index is -0.817. The second kappa shape index (κ2) is 7.61. The van der Waals surface area contributed by atoms with E-state index >= 15 is 0 Å². The molecule has 1 aromatic heterocycles. The number of anilines is 1. The largest absolute Gasteiger partial charge is 0.334 e. The number of benzene rings is 2. The molecular formula is C21H21F2N3O. The number of halogens is 2. The lowest BCUT2D eigenvalue weighted by Gasteiger charge is -2.11. The quantitative estimate of drug-likeness (QED) is 0.668. The van der Waals surface area contributed by atoms with E-state index in [1.165, 1.54) is 11.6 Å². The summed E-state index contributed by atoms with van der Waals surface area (Å²) in [6.45, 7) is 6.32. The van der Waals surface area contributed by atoms with Gasteiger partial charge in [0.25, 0.3) is 0 Å². The molecule has 2 N–H and O–H groups in total. The van der Waals surface area contributed by atoms with Gasteiger partial charge in [-0.05, 0) is 56.7 Å². The second-order valence-electron chi connectivity index (χ2n) is 6.50. The third-order valence-corrected chi connectivity index (χ3v) is 4.45. The van der Waals surface area contributed by atoms with Gasteiger partial charge < -0.3 is 15.2 Å². The van der Waals surface area contributed by atoms with E-state index in [2.05, 4.69) is 39.5 Å². The van der Waals surface area contributed by atoms with Gasteiger partial charge in [0, 0.05) is 29.7 Å². The lowest BCUT2D eigenvalue weighted by molar-refractivity contribution is 0.251. The van der Waals surface area contributed by atoms with Crippen molar-refractivity contribution in [3.8, 4) is 5.69 Å². The Morgan fingerprint density at radius 3 is 2.37 bits per heavy atom. The molecule has 0 saturated heterocycles. The monoisotopic (exact) mass is 369 g/mol. The molecule has 140 valence electrons. The Labute approximate surface area is 156 Å². The minimum Gasteiger partial charge on any atom is -0.334 e. The third-order valence-electron chi connectivity index (χ3n) is 4.45. The van der Waals surface area contributed by atoms with Crippen molar-refractivity contribution in [2.24, 2.45) is 0 Å². The summed E-state index contributed by atoms with van der Waals surface area (Å²) < 4.78 is 28.7. The molecule has 1 heterocycles. The Kier molecular flexibility index (Phi) is 5.26. The number of nitrogens with zero attached hydrogens (tertiary/aromatic N) is 1. The number of urea groups is 1. The van der Waals surface area contributed by atoms with E-state index in [1.807, 2.05) is 26.8 Å². The Morgan fingerprint density at radius 2 is 1.70 bits per heavy atom. The fraction of sp³-hybridized carbons (Fsp3) is 0.190. The molecule has 0 fully saturated rings. The highest BCUT2D eigenvalue weighted by atomic mass is 19.1. The molecule has 0 radical (unpaired) electrons. The fourth-order valence-corrected chi connectivity index (χ4v) is 3.03. The van der Waals surface area contributed by atoms with Crippen molar-refractivity contribution in [3.63, 3.8) is 0 Å². The first-order chi connectivity index (χ1) is 12.8. The van der Waals surface area contributed by atoms with E-state index in [0.29, 0.717) is 6.54 Å². The fourth-order valence-electron chi connectivity index (χ4n) is 3.03. The van der Waals surface area contributed by atoms with Gasteiger partial charge >= 0.3 is 6.03 Å². The molecule has 3 rings (SSSR count). The van der Waals surface area contributed by atoms with Gasteiger partial charge in [0.15, 0.2) is 0 Å². The molecule has 0 aliphatic heterocycles. The zero-order chi connectivity index (χ0) is 19.6. The van der Waals surface area contributed by atoms with Crippen molar-refractivity contribution in [2.75, 3.05) is 5.32 Å². The maximum Gasteiger partial charge on any atom is 0.319 e. The first kappa shape index (κ1) is 18.6. The van der Waals surface area contributed by atoms with Gasteiger partial charge in [-0.3, -0.25) is 0 Å². The molecule has 0 aliphatic rings. The van der Waals surface area contributed by atoms with Crippen molar-refractivity contribution in [3.05, 3.63) is 82.7 Å². The number of carbonyl (C=O) groups excluding carboxylic acids is 1. The van der Waals surface area contributed by atoms with Crippen LogP contribution in [0.5, 0.6) is 0 Å². The minimum absolute atomic E-state index is 0.0703. The Morgan fingerprint density at radius 1 is 1.00 bits per heavy atom. The predicted octanol–water partition coefficient (Wildman–Crippen LogP) is 5.00. The Bertz CT molecular complexity index is 978. The summed E-state index contributed by atoms with van der Waals surface area (Å²) in [5, 5.41) is 5.10. The van der Waals surface area contributed by atoms with Gasteiger partial charge in [0.1, 0.15) is 11.6 Å². The maximum atomic E-state index is 13.6.